The van der Waals surface area contributed by atoms with E-state index in [1.165, 1.54) is 0 Å². The van der Waals surface area contributed by atoms with Gasteiger partial charge in [0.1, 0.15) is 0 Å². The van der Waals surface area contributed by atoms with Gasteiger partial charge in [0.15, 0.2) is 0 Å². The molecule has 1 aliphatic rings. The molecule has 0 fully saturated rings. The SMILES string of the molecule is O=C(Cl)C1C=CC(CCl)=CC1. The maximum absolute atomic E-state index is 10.6. The average molecular weight is 191 g/mol. The summed E-state index contributed by atoms with van der Waals surface area (Å²) in [5.41, 5.74) is 1.06. The largest absolute Gasteiger partial charge is 0.281 e. The van der Waals surface area contributed by atoms with Gasteiger partial charge in [-0.1, -0.05) is 18.2 Å². The van der Waals surface area contributed by atoms with Gasteiger partial charge in [-0.15, -0.1) is 11.6 Å². The fourth-order valence-electron chi connectivity index (χ4n) is 0.932. The normalized spacial score (nSPS) is 23.1. The molecule has 0 heterocycles. The van der Waals surface area contributed by atoms with Crippen molar-refractivity contribution in [3.05, 3.63) is 23.8 Å². The highest BCUT2D eigenvalue weighted by Crippen LogP contribution is 2.18. The summed E-state index contributed by atoms with van der Waals surface area (Å²) < 4.78 is 0. The van der Waals surface area contributed by atoms with Crippen molar-refractivity contribution in [3.63, 3.8) is 0 Å². The second-order valence-corrected chi connectivity index (χ2v) is 3.06. The highest BCUT2D eigenvalue weighted by Gasteiger charge is 2.13. The summed E-state index contributed by atoms with van der Waals surface area (Å²) in [6, 6.07) is 0. The minimum atomic E-state index is -0.300. The predicted molar refractivity (Wildman–Crippen MR) is 46.9 cm³/mol. The standard InChI is InChI=1S/C8H8Cl2O/c9-5-6-1-3-7(4-2-6)8(10)11/h1-3,7H,4-5H2. The van der Waals surface area contributed by atoms with Crippen LogP contribution < -0.4 is 0 Å². The molecule has 0 radical (unpaired) electrons. The summed E-state index contributed by atoms with van der Waals surface area (Å²) >= 11 is 10.9. The Kier molecular flexibility index (Phi) is 3.16. The van der Waals surface area contributed by atoms with Gasteiger partial charge in [0, 0.05) is 5.88 Å². The van der Waals surface area contributed by atoms with Crippen molar-refractivity contribution in [1.29, 1.82) is 0 Å². The third kappa shape index (κ3) is 2.35. The number of alkyl halides is 1. The van der Waals surface area contributed by atoms with Crippen LogP contribution in [0.1, 0.15) is 6.42 Å². The van der Waals surface area contributed by atoms with E-state index in [0.29, 0.717) is 12.3 Å². The van der Waals surface area contributed by atoms with Crippen molar-refractivity contribution in [2.45, 2.75) is 6.42 Å². The minimum absolute atomic E-state index is 0.149. The number of halogens is 2. The molecule has 1 aliphatic carbocycles. The zero-order valence-corrected chi connectivity index (χ0v) is 7.40. The van der Waals surface area contributed by atoms with E-state index < -0.39 is 0 Å². The van der Waals surface area contributed by atoms with Crippen LogP contribution in [0.3, 0.4) is 0 Å². The molecule has 0 N–H and O–H groups in total. The summed E-state index contributed by atoms with van der Waals surface area (Å²) in [4.78, 5) is 10.6. The van der Waals surface area contributed by atoms with Crippen molar-refractivity contribution in [1.82, 2.24) is 0 Å². The van der Waals surface area contributed by atoms with E-state index in [9.17, 15) is 4.79 Å². The van der Waals surface area contributed by atoms with E-state index in [1.54, 1.807) is 6.08 Å². The number of rotatable bonds is 2. The first kappa shape index (κ1) is 8.82. The van der Waals surface area contributed by atoms with Gasteiger partial charge in [-0.3, -0.25) is 4.79 Å². The molecule has 1 atom stereocenters. The summed E-state index contributed by atoms with van der Waals surface area (Å²) in [6.45, 7) is 0. The summed E-state index contributed by atoms with van der Waals surface area (Å²) in [7, 11) is 0. The van der Waals surface area contributed by atoms with Gasteiger partial charge in [0.25, 0.3) is 0 Å². The Labute approximate surface area is 75.7 Å². The van der Waals surface area contributed by atoms with Crippen LogP contribution in [0, 0.1) is 5.92 Å². The van der Waals surface area contributed by atoms with Crippen molar-refractivity contribution in [2.75, 3.05) is 5.88 Å². The molecule has 0 saturated carbocycles. The van der Waals surface area contributed by atoms with Crippen LogP contribution in [0.25, 0.3) is 0 Å². The molecule has 0 aromatic carbocycles. The van der Waals surface area contributed by atoms with Crippen LogP contribution in [0.15, 0.2) is 23.8 Å². The fourth-order valence-corrected chi connectivity index (χ4v) is 1.29. The molecule has 0 aromatic rings. The second-order valence-electron chi connectivity index (χ2n) is 2.42. The van der Waals surface area contributed by atoms with E-state index in [1.807, 2.05) is 12.2 Å². The van der Waals surface area contributed by atoms with Gasteiger partial charge in [-0.2, -0.15) is 0 Å². The van der Waals surface area contributed by atoms with Crippen LogP contribution in [0.5, 0.6) is 0 Å². The zero-order chi connectivity index (χ0) is 8.27. The van der Waals surface area contributed by atoms with Crippen molar-refractivity contribution < 1.29 is 4.79 Å². The van der Waals surface area contributed by atoms with Gasteiger partial charge in [0.2, 0.25) is 5.24 Å². The fraction of sp³-hybridized carbons (Fsp3) is 0.375. The maximum Gasteiger partial charge on any atom is 0.228 e. The Morgan fingerprint density at radius 1 is 1.73 bits per heavy atom. The van der Waals surface area contributed by atoms with Crippen molar-refractivity contribution in [3.8, 4) is 0 Å². The van der Waals surface area contributed by atoms with Crippen LogP contribution in [0.2, 0.25) is 0 Å². The second kappa shape index (κ2) is 3.93. The van der Waals surface area contributed by atoms with Crippen LogP contribution in [-0.2, 0) is 4.79 Å². The molecule has 1 nitrogen and oxygen atoms in total. The first-order valence-electron chi connectivity index (χ1n) is 3.36. The van der Waals surface area contributed by atoms with E-state index in [0.717, 1.165) is 5.57 Å². The molecular weight excluding hydrogens is 183 g/mol. The Hall–Kier alpha value is -0.270. The smallest absolute Gasteiger partial charge is 0.228 e. The molecule has 1 rings (SSSR count). The molecule has 0 spiro atoms. The third-order valence-corrected chi connectivity index (χ3v) is 2.21. The van der Waals surface area contributed by atoms with Gasteiger partial charge >= 0.3 is 0 Å². The van der Waals surface area contributed by atoms with Crippen LogP contribution in [-0.4, -0.2) is 11.1 Å². The minimum Gasteiger partial charge on any atom is -0.281 e. The van der Waals surface area contributed by atoms with Gasteiger partial charge in [-0.05, 0) is 23.6 Å². The number of hydrogen-bond donors (Lipinski definition) is 0. The Bertz CT molecular complexity index is 218. The van der Waals surface area contributed by atoms with Crippen LogP contribution in [0.4, 0.5) is 0 Å². The number of carbonyl (C=O) groups is 1. The molecular formula is C8H8Cl2O. The highest BCUT2D eigenvalue weighted by atomic mass is 35.5. The molecule has 3 heteroatoms. The maximum atomic E-state index is 10.6. The van der Waals surface area contributed by atoms with E-state index in [4.69, 9.17) is 23.2 Å². The number of hydrogen-bond acceptors (Lipinski definition) is 1. The molecule has 0 saturated heterocycles. The van der Waals surface area contributed by atoms with Crippen molar-refractivity contribution >= 4 is 28.4 Å². The zero-order valence-electron chi connectivity index (χ0n) is 5.89. The van der Waals surface area contributed by atoms with Gasteiger partial charge in [0.05, 0.1) is 5.92 Å². The number of allylic oxidation sites excluding steroid dienone is 4. The lowest BCUT2D eigenvalue weighted by molar-refractivity contribution is -0.113. The Morgan fingerprint density at radius 3 is 2.82 bits per heavy atom. The molecule has 0 bridgehead atoms. The van der Waals surface area contributed by atoms with Gasteiger partial charge < -0.3 is 0 Å². The summed E-state index contributed by atoms with van der Waals surface area (Å²) in [6.07, 6.45) is 6.27. The van der Waals surface area contributed by atoms with E-state index in [-0.39, 0.29) is 11.2 Å². The highest BCUT2D eigenvalue weighted by molar-refractivity contribution is 6.64. The van der Waals surface area contributed by atoms with E-state index in [2.05, 4.69) is 0 Å². The first-order valence-corrected chi connectivity index (χ1v) is 4.28. The monoisotopic (exact) mass is 190 g/mol. The average Bonchev–Trinajstić information content (AvgIpc) is 2.05. The third-order valence-electron chi connectivity index (χ3n) is 1.62. The topological polar surface area (TPSA) is 17.1 Å². The Balaban J connectivity index is 2.57. The summed E-state index contributed by atoms with van der Waals surface area (Å²) in [5, 5.41) is -0.300. The molecule has 1 unspecified atom stereocenters. The quantitative estimate of drug-likeness (QED) is 0.484. The first-order chi connectivity index (χ1) is 5.24. The number of carbonyl (C=O) groups excluding carboxylic acids is 1. The van der Waals surface area contributed by atoms with Gasteiger partial charge in [-0.25, -0.2) is 0 Å². The lowest BCUT2D eigenvalue weighted by atomic mass is 9.99. The lowest BCUT2D eigenvalue weighted by Crippen LogP contribution is -2.07. The molecule has 0 aliphatic heterocycles. The predicted octanol–water partition coefficient (Wildman–Crippen LogP) is 2.49. The van der Waals surface area contributed by atoms with Crippen LogP contribution >= 0.6 is 23.2 Å². The lowest BCUT2D eigenvalue weighted by Gasteiger charge is -2.09. The molecule has 0 amide bonds. The Morgan fingerprint density at radius 2 is 2.45 bits per heavy atom. The van der Waals surface area contributed by atoms with E-state index >= 15 is 0 Å². The molecule has 0 aromatic heterocycles. The molecule has 60 valence electrons. The summed E-state index contributed by atoms with van der Waals surface area (Å²) in [5.74, 6) is 0.350. The van der Waals surface area contributed by atoms with Crippen molar-refractivity contribution in [2.24, 2.45) is 5.92 Å². The molecule has 11 heavy (non-hydrogen) atoms.